The van der Waals surface area contributed by atoms with E-state index in [1.165, 1.54) is 20.0 Å². The van der Waals surface area contributed by atoms with Crippen LogP contribution in [-0.4, -0.2) is 13.2 Å². The number of hydrogen-bond acceptors (Lipinski definition) is 2. The maximum absolute atomic E-state index is 13.6. The highest BCUT2D eigenvalue weighted by molar-refractivity contribution is 5.30. The maximum Gasteiger partial charge on any atom is 0.165 e. The van der Waals surface area contributed by atoms with E-state index in [-0.39, 0.29) is 11.9 Å². The van der Waals surface area contributed by atoms with Crippen LogP contribution >= 0.6 is 0 Å². The first-order valence-corrected chi connectivity index (χ1v) is 6.19. The first kappa shape index (κ1) is 12.4. The molecule has 0 saturated heterocycles. The van der Waals surface area contributed by atoms with Crippen molar-refractivity contribution in [3.63, 3.8) is 0 Å². The molecule has 1 saturated carbocycles. The number of ether oxygens (including phenoxy) is 1. The molecule has 2 rings (SSSR count). The topological polar surface area (TPSA) is 21.3 Å². The lowest BCUT2D eigenvalue weighted by atomic mass is 9.81. The number of hydrogen-bond donors (Lipinski definition) is 1. The minimum atomic E-state index is -0.291. The first-order valence-electron chi connectivity index (χ1n) is 6.19. The van der Waals surface area contributed by atoms with Crippen LogP contribution in [-0.2, 0) is 0 Å². The van der Waals surface area contributed by atoms with Crippen molar-refractivity contribution in [2.45, 2.75) is 38.8 Å². The predicted octanol–water partition coefficient (Wildman–Crippen LogP) is 3.28. The van der Waals surface area contributed by atoms with E-state index in [4.69, 9.17) is 4.74 Å². The molecule has 1 N–H and O–H groups in total. The molecular formula is C14H20FNO. The number of nitrogens with one attached hydrogen (secondary N) is 1. The van der Waals surface area contributed by atoms with Crippen LogP contribution in [0.4, 0.5) is 4.39 Å². The Morgan fingerprint density at radius 2 is 2.12 bits per heavy atom. The van der Waals surface area contributed by atoms with E-state index in [0.29, 0.717) is 11.8 Å². The molecule has 0 aromatic heterocycles. The lowest BCUT2D eigenvalue weighted by Crippen LogP contribution is -2.41. The Hall–Kier alpha value is -1.09. The largest absolute Gasteiger partial charge is 0.494 e. The van der Waals surface area contributed by atoms with E-state index in [1.54, 1.807) is 12.1 Å². The van der Waals surface area contributed by atoms with E-state index in [1.807, 2.05) is 6.07 Å². The third kappa shape index (κ3) is 2.78. The standard InChI is InChI=1S/C14H20FNO/c1-9-6-12(7-9)16-10(2)11-4-5-14(17-3)13(15)8-11/h4-5,8-10,12,16H,6-7H2,1-3H3. The second-order valence-electron chi connectivity index (χ2n) is 5.06. The molecule has 0 aliphatic heterocycles. The molecule has 3 heteroatoms. The fourth-order valence-electron chi connectivity index (χ4n) is 2.44. The van der Waals surface area contributed by atoms with Gasteiger partial charge in [-0.15, -0.1) is 0 Å². The summed E-state index contributed by atoms with van der Waals surface area (Å²) in [6, 6.07) is 5.94. The minimum absolute atomic E-state index is 0.188. The van der Waals surface area contributed by atoms with Crippen molar-refractivity contribution >= 4 is 0 Å². The van der Waals surface area contributed by atoms with Crippen LogP contribution in [0.5, 0.6) is 5.75 Å². The van der Waals surface area contributed by atoms with Crippen molar-refractivity contribution in [1.29, 1.82) is 0 Å². The smallest absolute Gasteiger partial charge is 0.165 e. The average molecular weight is 237 g/mol. The van der Waals surface area contributed by atoms with Gasteiger partial charge in [-0.25, -0.2) is 4.39 Å². The predicted molar refractivity (Wildman–Crippen MR) is 66.7 cm³/mol. The lowest BCUT2D eigenvalue weighted by Gasteiger charge is -2.35. The summed E-state index contributed by atoms with van der Waals surface area (Å²) in [6.45, 7) is 4.33. The van der Waals surface area contributed by atoms with Gasteiger partial charge in [-0.1, -0.05) is 13.0 Å². The zero-order chi connectivity index (χ0) is 12.4. The monoisotopic (exact) mass is 237 g/mol. The van der Waals surface area contributed by atoms with E-state index < -0.39 is 0 Å². The van der Waals surface area contributed by atoms with Crippen LogP contribution in [0, 0.1) is 11.7 Å². The maximum atomic E-state index is 13.6. The van der Waals surface area contributed by atoms with Gasteiger partial charge in [0.05, 0.1) is 7.11 Å². The Labute approximate surface area is 102 Å². The molecule has 1 unspecified atom stereocenters. The van der Waals surface area contributed by atoms with Gasteiger partial charge in [0.15, 0.2) is 11.6 Å². The fourth-order valence-corrected chi connectivity index (χ4v) is 2.44. The third-order valence-corrected chi connectivity index (χ3v) is 3.54. The van der Waals surface area contributed by atoms with Crippen molar-refractivity contribution in [2.75, 3.05) is 7.11 Å². The van der Waals surface area contributed by atoms with Crippen molar-refractivity contribution in [2.24, 2.45) is 5.92 Å². The highest BCUT2D eigenvalue weighted by Crippen LogP contribution is 2.29. The van der Waals surface area contributed by atoms with Crippen LogP contribution in [0.1, 0.15) is 38.3 Å². The third-order valence-electron chi connectivity index (χ3n) is 3.54. The lowest BCUT2D eigenvalue weighted by molar-refractivity contribution is 0.226. The van der Waals surface area contributed by atoms with Crippen molar-refractivity contribution in [3.8, 4) is 5.75 Å². The van der Waals surface area contributed by atoms with E-state index in [0.717, 1.165) is 11.5 Å². The summed E-state index contributed by atoms with van der Waals surface area (Å²) in [7, 11) is 1.48. The Morgan fingerprint density at radius 3 is 2.65 bits per heavy atom. The summed E-state index contributed by atoms with van der Waals surface area (Å²) in [6.07, 6.45) is 2.45. The molecule has 1 atom stereocenters. The molecule has 0 radical (unpaired) electrons. The van der Waals surface area contributed by atoms with Crippen LogP contribution in [0.25, 0.3) is 0 Å². The summed E-state index contributed by atoms with van der Waals surface area (Å²) in [5.41, 5.74) is 0.975. The van der Waals surface area contributed by atoms with Gasteiger partial charge in [-0.05, 0) is 43.4 Å². The molecule has 1 fully saturated rings. The van der Waals surface area contributed by atoms with Gasteiger partial charge in [-0.3, -0.25) is 0 Å². The van der Waals surface area contributed by atoms with Crippen molar-refractivity contribution in [1.82, 2.24) is 5.32 Å². The molecule has 1 aliphatic rings. The van der Waals surface area contributed by atoms with Crippen LogP contribution in [0.3, 0.4) is 0 Å². The average Bonchev–Trinajstić information content (AvgIpc) is 2.26. The Bertz CT molecular complexity index is 388. The molecule has 0 spiro atoms. The zero-order valence-corrected chi connectivity index (χ0v) is 10.7. The first-order chi connectivity index (χ1) is 8.10. The van der Waals surface area contributed by atoms with Crippen molar-refractivity contribution in [3.05, 3.63) is 29.6 Å². The molecule has 0 amide bonds. The van der Waals surface area contributed by atoms with Gasteiger partial charge in [0.1, 0.15) is 0 Å². The molecule has 17 heavy (non-hydrogen) atoms. The van der Waals surface area contributed by atoms with E-state index in [9.17, 15) is 4.39 Å². The van der Waals surface area contributed by atoms with Crippen LogP contribution in [0.2, 0.25) is 0 Å². The Morgan fingerprint density at radius 1 is 1.41 bits per heavy atom. The number of methoxy groups -OCH3 is 1. The molecule has 1 aromatic rings. The minimum Gasteiger partial charge on any atom is -0.494 e. The Balaban J connectivity index is 1.99. The highest BCUT2D eigenvalue weighted by atomic mass is 19.1. The molecule has 2 nitrogen and oxygen atoms in total. The highest BCUT2D eigenvalue weighted by Gasteiger charge is 2.26. The molecule has 0 heterocycles. The van der Waals surface area contributed by atoms with Crippen molar-refractivity contribution < 1.29 is 9.13 Å². The Kier molecular flexibility index (Phi) is 3.67. The second kappa shape index (κ2) is 5.05. The number of rotatable bonds is 4. The van der Waals surface area contributed by atoms with Crippen LogP contribution < -0.4 is 10.1 Å². The summed E-state index contributed by atoms with van der Waals surface area (Å²) in [5, 5.41) is 3.52. The van der Waals surface area contributed by atoms with Gasteiger partial charge >= 0.3 is 0 Å². The number of benzene rings is 1. The van der Waals surface area contributed by atoms with E-state index in [2.05, 4.69) is 19.2 Å². The van der Waals surface area contributed by atoms with Gasteiger partial charge in [-0.2, -0.15) is 0 Å². The SMILES string of the molecule is COc1ccc(C(C)NC2CC(C)C2)cc1F. The summed E-state index contributed by atoms with van der Waals surface area (Å²) < 4.78 is 18.5. The van der Waals surface area contributed by atoms with Gasteiger partial charge in [0, 0.05) is 12.1 Å². The molecular weight excluding hydrogens is 217 g/mol. The molecule has 94 valence electrons. The molecule has 1 aromatic carbocycles. The summed E-state index contributed by atoms with van der Waals surface area (Å²) in [5.74, 6) is 0.839. The van der Waals surface area contributed by atoms with Crippen LogP contribution in [0.15, 0.2) is 18.2 Å². The van der Waals surface area contributed by atoms with Gasteiger partial charge < -0.3 is 10.1 Å². The van der Waals surface area contributed by atoms with Gasteiger partial charge in [0.25, 0.3) is 0 Å². The molecule has 1 aliphatic carbocycles. The fraction of sp³-hybridized carbons (Fsp3) is 0.571. The normalized spacial score (nSPS) is 25.2. The van der Waals surface area contributed by atoms with E-state index >= 15 is 0 Å². The van der Waals surface area contributed by atoms with Gasteiger partial charge in [0.2, 0.25) is 0 Å². The summed E-state index contributed by atoms with van der Waals surface area (Å²) >= 11 is 0. The second-order valence-corrected chi connectivity index (χ2v) is 5.06. The quantitative estimate of drug-likeness (QED) is 0.867. The number of halogens is 1. The zero-order valence-electron chi connectivity index (χ0n) is 10.7. The molecule has 0 bridgehead atoms. The summed E-state index contributed by atoms with van der Waals surface area (Å²) in [4.78, 5) is 0.